The molecule has 6 heteroatoms. The van der Waals surface area contributed by atoms with Gasteiger partial charge in [-0.2, -0.15) is 0 Å². The van der Waals surface area contributed by atoms with Gasteiger partial charge in [-0.25, -0.2) is 9.78 Å². The Morgan fingerprint density at radius 2 is 2.35 bits per heavy atom. The van der Waals surface area contributed by atoms with E-state index >= 15 is 0 Å². The number of hydrogen-bond donors (Lipinski definition) is 3. The summed E-state index contributed by atoms with van der Waals surface area (Å²) < 4.78 is 0. The SMILES string of the molecule is CCc1cnc(C(C)NC(=O)NC(C)(CO)C2CC2)s1. The van der Waals surface area contributed by atoms with Crippen molar-refractivity contribution >= 4 is 17.4 Å². The smallest absolute Gasteiger partial charge is 0.315 e. The lowest BCUT2D eigenvalue weighted by molar-refractivity contribution is 0.154. The van der Waals surface area contributed by atoms with Crippen molar-refractivity contribution in [2.75, 3.05) is 6.61 Å². The number of aliphatic hydroxyl groups is 1. The normalized spacial score (nSPS) is 19.2. The molecule has 1 aromatic heterocycles. The monoisotopic (exact) mass is 297 g/mol. The molecule has 0 aliphatic heterocycles. The van der Waals surface area contributed by atoms with E-state index in [4.69, 9.17) is 0 Å². The second-order valence-electron chi connectivity index (χ2n) is 5.69. The second kappa shape index (κ2) is 6.10. The molecule has 0 radical (unpaired) electrons. The van der Waals surface area contributed by atoms with Gasteiger partial charge in [-0.1, -0.05) is 6.92 Å². The van der Waals surface area contributed by atoms with Gasteiger partial charge in [-0.05, 0) is 39.0 Å². The molecule has 1 fully saturated rings. The van der Waals surface area contributed by atoms with Crippen LogP contribution in [0.4, 0.5) is 4.79 Å². The van der Waals surface area contributed by atoms with Gasteiger partial charge in [0.05, 0.1) is 18.2 Å². The maximum atomic E-state index is 12.1. The van der Waals surface area contributed by atoms with Crippen molar-refractivity contribution in [3.8, 4) is 0 Å². The molecule has 0 aromatic carbocycles. The van der Waals surface area contributed by atoms with E-state index < -0.39 is 5.54 Å². The van der Waals surface area contributed by atoms with Crippen LogP contribution in [-0.2, 0) is 6.42 Å². The Morgan fingerprint density at radius 1 is 1.65 bits per heavy atom. The van der Waals surface area contributed by atoms with E-state index in [1.165, 1.54) is 4.88 Å². The van der Waals surface area contributed by atoms with Gasteiger partial charge in [0.1, 0.15) is 5.01 Å². The third kappa shape index (κ3) is 3.49. The number of nitrogens with zero attached hydrogens (tertiary/aromatic N) is 1. The molecule has 1 aliphatic rings. The average Bonchev–Trinajstić information content (AvgIpc) is 3.17. The standard InChI is InChI=1S/C14H23N3O2S/c1-4-11-7-15-12(20-11)9(2)16-13(19)17-14(3,8-18)10-5-6-10/h7,9-10,18H,4-6,8H2,1-3H3,(H2,16,17,19). The number of nitrogens with one attached hydrogen (secondary N) is 2. The maximum Gasteiger partial charge on any atom is 0.315 e. The van der Waals surface area contributed by atoms with Crippen molar-refractivity contribution in [3.63, 3.8) is 0 Å². The highest BCUT2D eigenvalue weighted by molar-refractivity contribution is 7.11. The van der Waals surface area contributed by atoms with Crippen molar-refractivity contribution in [2.45, 2.75) is 51.6 Å². The van der Waals surface area contributed by atoms with Crippen LogP contribution >= 0.6 is 11.3 Å². The zero-order valence-corrected chi connectivity index (χ0v) is 13.1. The molecule has 1 aromatic rings. The lowest BCUT2D eigenvalue weighted by Gasteiger charge is -2.29. The molecule has 1 heterocycles. The largest absolute Gasteiger partial charge is 0.394 e. The van der Waals surface area contributed by atoms with Gasteiger partial charge in [0.2, 0.25) is 0 Å². The molecule has 1 aliphatic carbocycles. The molecular weight excluding hydrogens is 274 g/mol. The number of amides is 2. The number of aryl methyl sites for hydroxylation is 1. The van der Waals surface area contributed by atoms with Crippen LogP contribution in [0.5, 0.6) is 0 Å². The van der Waals surface area contributed by atoms with Crippen LogP contribution in [-0.4, -0.2) is 28.3 Å². The fourth-order valence-corrected chi connectivity index (χ4v) is 3.09. The zero-order chi connectivity index (χ0) is 14.8. The minimum Gasteiger partial charge on any atom is -0.394 e. The lowest BCUT2D eigenvalue weighted by atomic mass is 9.97. The van der Waals surface area contributed by atoms with Gasteiger partial charge < -0.3 is 15.7 Å². The molecule has 0 saturated heterocycles. The number of carbonyl (C=O) groups is 1. The van der Waals surface area contributed by atoms with E-state index in [1.807, 2.05) is 20.0 Å². The summed E-state index contributed by atoms with van der Waals surface area (Å²) in [5, 5.41) is 16.2. The molecule has 2 amide bonds. The minimum atomic E-state index is -0.513. The van der Waals surface area contributed by atoms with Gasteiger partial charge in [-0.3, -0.25) is 0 Å². The third-order valence-electron chi connectivity index (χ3n) is 3.84. The molecule has 5 nitrogen and oxygen atoms in total. The van der Waals surface area contributed by atoms with Gasteiger partial charge in [0, 0.05) is 11.1 Å². The first-order chi connectivity index (χ1) is 9.48. The molecule has 112 valence electrons. The van der Waals surface area contributed by atoms with Gasteiger partial charge in [0.25, 0.3) is 0 Å². The quantitative estimate of drug-likeness (QED) is 0.754. The molecule has 2 unspecified atom stereocenters. The number of thiazole rings is 1. The van der Waals surface area contributed by atoms with Crippen molar-refractivity contribution in [1.82, 2.24) is 15.6 Å². The highest BCUT2D eigenvalue weighted by Gasteiger charge is 2.42. The molecule has 0 spiro atoms. The Morgan fingerprint density at radius 3 is 2.85 bits per heavy atom. The van der Waals surface area contributed by atoms with E-state index in [-0.39, 0.29) is 18.7 Å². The highest BCUT2D eigenvalue weighted by Crippen LogP contribution is 2.39. The van der Waals surface area contributed by atoms with Gasteiger partial charge >= 0.3 is 6.03 Å². The molecule has 3 N–H and O–H groups in total. The van der Waals surface area contributed by atoms with E-state index in [9.17, 15) is 9.90 Å². The molecule has 2 rings (SSSR count). The predicted octanol–water partition coefficient (Wildman–Crippen LogP) is 2.23. The van der Waals surface area contributed by atoms with E-state index in [0.717, 1.165) is 24.3 Å². The summed E-state index contributed by atoms with van der Waals surface area (Å²) >= 11 is 1.62. The molecule has 1 saturated carbocycles. The van der Waals surface area contributed by atoms with Crippen LogP contribution in [0.2, 0.25) is 0 Å². The van der Waals surface area contributed by atoms with E-state index in [0.29, 0.717) is 5.92 Å². The summed E-state index contributed by atoms with van der Waals surface area (Å²) in [6.45, 7) is 5.87. The van der Waals surface area contributed by atoms with Gasteiger partial charge in [-0.15, -0.1) is 11.3 Å². The van der Waals surface area contributed by atoms with Crippen molar-refractivity contribution in [1.29, 1.82) is 0 Å². The van der Waals surface area contributed by atoms with Gasteiger partial charge in [0.15, 0.2) is 0 Å². The second-order valence-corrected chi connectivity index (χ2v) is 6.84. The summed E-state index contributed by atoms with van der Waals surface area (Å²) in [5.74, 6) is 0.389. The maximum absolute atomic E-state index is 12.1. The van der Waals surface area contributed by atoms with Crippen molar-refractivity contribution in [2.24, 2.45) is 5.92 Å². The van der Waals surface area contributed by atoms with E-state index in [1.54, 1.807) is 11.3 Å². The van der Waals surface area contributed by atoms with Crippen molar-refractivity contribution < 1.29 is 9.90 Å². The number of urea groups is 1. The Hall–Kier alpha value is -1.14. The van der Waals surface area contributed by atoms with Crippen LogP contribution in [0.1, 0.15) is 49.5 Å². The van der Waals surface area contributed by atoms with Crippen LogP contribution < -0.4 is 10.6 Å². The number of rotatable bonds is 6. The molecule has 20 heavy (non-hydrogen) atoms. The molecule has 0 bridgehead atoms. The first-order valence-corrected chi connectivity index (χ1v) is 7.94. The molecular formula is C14H23N3O2S. The minimum absolute atomic E-state index is 0.0310. The fourth-order valence-electron chi connectivity index (χ4n) is 2.23. The third-order valence-corrected chi connectivity index (χ3v) is 5.17. The van der Waals surface area contributed by atoms with Crippen LogP contribution in [0.15, 0.2) is 6.20 Å². The number of aromatic nitrogens is 1. The topological polar surface area (TPSA) is 74.2 Å². The number of carbonyl (C=O) groups excluding carboxylic acids is 1. The summed E-state index contributed by atoms with van der Waals surface area (Å²) in [5.41, 5.74) is -0.513. The molecule has 2 atom stereocenters. The lowest BCUT2D eigenvalue weighted by Crippen LogP contribution is -2.54. The van der Waals surface area contributed by atoms with E-state index in [2.05, 4.69) is 22.5 Å². The first-order valence-electron chi connectivity index (χ1n) is 7.12. The summed E-state index contributed by atoms with van der Waals surface area (Å²) in [6.07, 6.45) is 4.96. The number of aliphatic hydroxyl groups excluding tert-OH is 1. The first kappa shape index (κ1) is 15.3. The van der Waals surface area contributed by atoms with Crippen molar-refractivity contribution in [3.05, 3.63) is 16.1 Å². The summed E-state index contributed by atoms with van der Waals surface area (Å²) in [4.78, 5) is 17.6. The Balaban J connectivity index is 1.90. The zero-order valence-electron chi connectivity index (χ0n) is 12.3. The van der Waals surface area contributed by atoms with Crippen LogP contribution in [0.25, 0.3) is 0 Å². The average molecular weight is 297 g/mol. The summed E-state index contributed by atoms with van der Waals surface area (Å²) in [6, 6.07) is -0.364. The number of hydrogen-bond acceptors (Lipinski definition) is 4. The Kier molecular flexibility index (Phi) is 4.65. The fraction of sp³-hybridized carbons (Fsp3) is 0.714. The Labute approximate surface area is 123 Å². The van der Waals surface area contributed by atoms with Crippen LogP contribution in [0, 0.1) is 5.92 Å². The van der Waals surface area contributed by atoms with Crippen LogP contribution in [0.3, 0.4) is 0 Å². The highest BCUT2D eigenvalue weighted by atomic mass is 32.1. The predicted molar refractivity (Wildman–Crippen MR) is 79.8 cm³/mol. The summed E-state index contributed by atoms with van der Waals surface area (Å²) in [7, 11) is 0. The Bertz CT molecular complexity index is 473.